The van der Waals surface area contributed by atoms with E-state index < -0.39 is 9.39 Å². The Morgan fingerprint density at radius 1 is 1.00 bits per heavy atom. The van der Waals surface area contributed by atoms with Crippen LogP contribution < -0.4 is 4.57 Å². The largest absolute Gasteiger partial charge is 0.564 e. The third-order valence-electron chi connectivity index (χ3n) is 2.78. The fraction of sp³-hybridized carbons (Fsp3) is 0.643. The Balaban J connectivity index is 0.000000621. The molecule has 0 saturated carbocycles. The fourth-order valence-corrected chi connectivity index (χ4v) is 1.87. The lowest BCUT2D eigenvalue weighted by molar-refractivity contribution is -0.697. The fourth-order valence-electron chi connectivity index (χ4n) is 1.87. The van der Waals surface area contributed by atoms with E-state index in [1.165, 1.54) is 50.6 Å². The minimum absolute atomic E-state index is 1.17. The van der Waals surface area contributed by atoms with Crippen molar-refractivity contribution < 1.29 is 4.57 Å². The number of hydrogen-bond acceptors (Lipinski definition) is 0. The molecule has 6 heteroatoms. The average Bonchev–Trinajstić information content (AvgIpc) is 2.32. The summed E-state index contributed by atoms with van der Waals surface area (Å²) in [5.41, 5.74) is 1.35. The highest BCUT2D eigenvalue weighted by Crippen LogP contribution is 2.23. The zero-order valence-corrected chi connectivity index (χ0v) is 16.5. The maximum Gasteiger partial charge on any atom is 0.564 e. The van der Waals surface area contributed by atoms with Crippen LogP contribution in [-0.2, 0) is 6.54 Å². The van der Waals surface area contributed by atoms with E-state index in [0.717, 1.165) is 0 Å². The number of aryl methyl sites for hydroxylation is 2. The van der Waals surface area contributed by atoms with E-state index in [1.807, 2.05) is 0 Å². The topological polar surface area (TPSA) is 3.88 Å². The van der Waals surface area contributed by atoms with Crippen LogP contribution in [0.5, 0.6) is 0 Å². The van der Waals surface area contributed by atoms with Crippen LogP contribution >= 0.6 is 40.2 Å². The molecule has 0 bridgehead atoms. The third kappa shape index (κ3) is 16.9. The van der Waals surface area contributed by atoms with Gasteiger partial charge < -0.3 is 40.2 Å². The van der Waals surface area contributed by atoms with Crippen LogP contribution in [0.2, 0.25) is 0 Å². The van der Waals surface area contributed by atoms with Crippen molar-refractivity contribution in [3.8, 4) is 0 Å². The van der Waals surface area contributed by atoms with Gasteiger partial charge in [-0.1, -0.05) is 32.6 Å². The maximum atomic E-state index is 4.99. The molecule has 1 heterocycles. The molecule has 0 amide bonds. The Morgan fingerprint density at radius 2 is 1.55 bits per heavy atom. The zero-order chi connectivity index (χ0) is 15.4. The van der Waals surface area contributed by atoms with E-state index in [9.17, 15) is 0 Å². The van der Waals surface area contributed by atoms with Gasteiger partial charge >= 0.3 is 9.39 Å². The van der Waals surface area contributed by atoms with Crippen molar-refractivity contribution in [2.75, 3.05) is 0 Å². The molecule has 0 saturated heterocycles. The van der Waals surface area contributed by atoms with E-state index >= 15 is 0 Å². The molecule has 0 aromatic carbocycles. The highest BCUT2D eigenvalue weighted by molar-refractivity contribution is 7.81. The van der Waals surface area contributed by atoms with Crippen LogP contribution in [-0.4, -0.2) is 9.39 Å². The molecular formula is C14H24AlCl4N. The van der Waals surface area contributed by atoms with Crippen LogP contribution in [0.25, 0.3) is 0 Å². The Labute approximate surface area is 142 Å². The predicted octanol–water partition coefficient (Wildman–Crippen LogP) is 6.02. The zero-order valence-electron chi connectivity index (χ0n) is 12.3. The first-order chi connectivity index (χ1) is 9.33. The molecule has 0 fully saturated rings. The summed E-state index contributed by atoms with van der Waals surface area (Å²) in [6.07, 6.45) is 12.6. The Bertz CT molecular complexity index is 349. The molecule has 0 aliphatic rings. The Kier molecular flexibility index (Phi) is 12.9. The highest BCUT2D eigenvalue weighted by atomic mass is 35.9. The second kappa shape index (κ2) is 12.4. The normalized spacial score (nSPS) is 10.9. The van der Waals surface area contributed by atoms with E-state index in [2.05, 4.69) is 42.9 Å². The average molecular weight is 375 g/mol. The number of halogens is 4. The van der Waals surface area contributed by atoms with E-state index in [0.29, 0.717) is 0 Å². The SMILES string of the molecule is CCCCCCCC[n+]1cccc(C)c1.[Cl][Al-]([Cl])([Cl])[Cl]. The second-order valence-corrected chi connectivity index (χ2v) is 17.7. The number of rotatable bonds is 7. The van der Waals surface area contributed by atoms with Crippen LogP contribution in [0.1, 0.15) is 51.0 Å². The van der Waals surface area contributed by atoms with Crippen molar-refractivity contribution in [2.24, 2.45) is 0 Å². The third-order valence-corrected chi connectivity index (χ3v) is 2.78. The summed E-state index contributed by atoms with van der Waals surface area (Å²) >= 11 is 0. The molecule has 1 aromatic heterocycles. The first kappa shape index (κ1) is 20.8. The molecule has 1 nitrogen and oxygen atoms in total. The lowest BCUT2D eigenvalue weighted by Crippen LogP contribution is -2.32. The van der Waals surface area contributed by atoms with Gasteiger partial charge in [0.25, 0.3) is 0 Å². The monoisotopic (exact) mass is 373 g/mol. The van der Waals surface area contributed by atoms with Gasteiger partial charge in [-0.2, -0.15) is 0 Å². The molecule has 0 spiro atoms. The molecular weight excluding hydrogens is 351 g/mol. The molecule has 0 aliphatic heterocycles. The van der Waals surface area contributed by atoms with Crippen LogP contribution in [0, 0.1) is 6.92 Å². The molecule has 116 valence electrons. The van der Waals surface area contributed by atoms with Crippen molar-refractivity contribution in [1.29, 1.82) is 0 Å². The molecule has 1 aromatic rings. The van der Waals surface area contributed by atoms with Gasteiger partial charge in [0.2, 0.25) is 0 Å². The first-order valence-electron chi connectivity index (χ1n) is 7.16. The van der Waals surface area contributed by atoms with Gasteiger partial charge in [0.15, 0.2) is 12.4 Å². The maximum absolute atomic E-state index is 4.99. The van der Waals surface area contributed by atoms with E-state index in [-0.39, 0.29) is 0 Å². The summed E-state index contributed by atoms with van der Waals surface area (Å²) in [5, 5.41) is 0. The second-order valence-electron chi connectivity index (χ2n) is 4.88. The number of hydrogen-bond donors (Lipinski definition) is 0. The molecule has 0 atom stereocenters. The minimum Gasteiger partial charge on any atom is -0.391 e. The van der Waals surface area contributed by atoms with Gasteiger partial charge in [0.05, 0.1) is 0 Å². The van der Waals surface area contributed by atoms with Crippen LogP contribution in [0.3, 0.4) is 0 Å². The minimum atomic E-state index is -2.94. The van der Waals surface area contributed by atoms with Gasteiger partial charge in [-0.3, -0.25) is 0 Å². The van der Waals surface area contributed by atoms with Gasteiger partial charge in [-0.05, 0) is 19.4 Å². The van der Waals surface area contributed by atoms with Crippen molar-refractivity contribution >= 4 is 49.6 Å². The molecule has 0 unspecified atom stereocenters. The molecule has 0 radical (unpaired) electrons. The van der Waals surface area contributed by atoms with Crippen LogP contribution in [0.15, 0.2) is 24.5 Å². The summed E-state index contributed by atoms with van der Waals surface area (Å²) < 4.78 is 2.30. The lowest BCUT2D eigenvalue weighted by Gasteiger charge is -1.99. The number of nitrogens with zero attached hydrogens (tertiary/aromatic N) is 1. The van der Waals surface area contributed by atoms with Gasteiger partial charge in [0, 0.05) is 18.1 Å². The van der Waals surface area contributed by atoms with Crippen molar-refractivity contribution in [3.63, 3.8) is 0 Å². The van der Waals surface area contributed by atoms with Gasteiger partial charge in [-0.25, -0.2) is 4.57 Å². The standard InChI is InChI=1S/C14H24N.Al.4ClH/c1-3-4-5-6-7-8-11-15-12-9-10-14(2)13-15;;;;;/h9-10,12-13H,3-8,11H2,1-2H3;;4*1H/q+1;+3;;;;/p-4. The number of pyridine rings is 1. The van der Waals surface area contributed by atoms with Crippen LogP contribution in [0.4, 0.5) is 0 Å². The lowest BCUT2D eigenvalue weighted by atomic mass is 10.1. The Morgan fingerprint density at radius 3 is 2.10 bits per heavy atom. The molecule has 20 heavy (non-hydrogen) atoms. The molecule has 0 N–H and O–H groups in total. The van der Waals surface area contributed by atoms with E-state index in [4.69, 9.17) is 40.2 Å². The molecule has 0 aliphatic carbocycles. The van der Waals surface area contributed by atoms with Gasteiger partial charge in [0.1, 0.15) is 6.54 Å². The summed E-state index contributed by atoms with van der Waals surface area (Å²) in [4.78, 5) is 0. The van der Waals surface area contributed by atoms with Crippen molar-refractivity contribution in [1.82, 2.24) is 0 Å². The van der Waals surface area contributed by atoms with Gasteiger partial charge in [-0.15, -0.1) is 0 Å². The molecule has 1 rings (SSSR count). The summed E-state index contributed by atoms with van der Waals surface area (Å²) in [6, 6.07) is 4.28. The predicted molar refractivity (Wildman–Crippen MR) is 93.9 cm³/mol. The summed E-state index contributed by atoms with van der Waals surface area (Å²) in [5.74, 6) is 0. The number of aromatic nitrogens is 1. The number of unbranched alkanes of at least 4 members (excludes halogenated alkanes) is 5. The smallest absolute Gasteiger partial charge is 0.391 e. The van der Waals surface area contributed by atoms with Crippen molar-refractivity contribution in [3.05, 3.63) is 30.1 Å². The summed E-state index contributed by atoms with van der Waals surface area (Å²) in [6.45, 7) is 5.59. The quantitative estimate of drug-likeness (QED) is 0.312. The van der Waals surface area contributed by atoms with E-state index in [1.54, 1.807) is 0 Å². The Hall–Kier alpha value is 0.842. The van der Waals surface area contributed by atoms with Crippen molar-refractivity contribution in [2.45, 2.75) is 58.9 Å². The summed E-state index contributed by atoms with van der Waals surface area (Å²) in [7, 11) is 17.0. The highest BCUT2D eigenvalue weighted by Gasteiger charge is 2.14. The first-order valence-corrected chi connectivity index (χ1v) is 14.1.